The second-order valence-corrected chi connectivity index (χ2v) is 5.70. The van der Waals surface area contributed by atoms with Crippen LogP contribution in [-0.4, -0.2) is 17.9 Å². The summed E-state index contributed by atoms with van der Waals surface area (Å²) in [5.41, 5.74) is 3.58. The van der Waals surface area contributed by atoms with Crippen LogP contribution in [0.3, 0.4) is 0 Å². The zero-order valence-electron chi connectivity index (χ0n) is 13.8. The first-order valence-electron chi connectivity index (χ1n) is 7.68. The Morgan fingerprint density at radius 1 is 1.08 bits per heavy atom. The molecule has 0 saturated carbocycles. The quantitative estimate of drug-likeness (QED) is 0.601. The smallest absolute Gasteiger partial charge is 0.364 e. The first-order chi connectivity index (χ1) is 11.9. The molecule has 0 aliphatic heterocycles. The second-order valence-electron chi connectivity index (χ2n) is 5.70. The van der Waals surface area contributed by atoms with Crippen LogP contribution in [0.25, 0.3) is 22.2 Å². The molecule has 3 aromatic rings. The minimum Gasteiger partial charge on any atom is -0.364 e. The van der Waals surface area contributed by atoms with E-state index < -0.39 is 6.18 Å². The second kappa shape index (κ2) is 6.66. The minimum absolute atomic E-state index is 0.220. The Morgan fingerprint density at radius 2 is 1.80 bits per heavy atom. The molecule has 0 saturated heterocycles. The van der Waals surface area contributed by atoms with Gasteiger partial charge in [0.2, 0.25) is 0 Å². The topological polar surface area (TPSA) is 14.2 Å². The number of nitrogens with zero attached hydrogens (tertiary/aromatic N) is 1. The number of ether oxygens (including phenoxy) is 1. The molecule has 0 atom stereocenters. The molecule has 2 aromatic carbocycles. The Hall–Kier alpha value is -2.71. The Balaban J connectivity index is 2.39. The summed E-state index contributed by atoms with van der Waals surface area (Å²) in [5.74, 6) is 3.75. The molecule has 0 amide bonds. The Bertz CT molecular complexity index is 960. The average Bonchev–Trinajstić information content (AvgIpc) is 2.86. The SMILES string of the molecule is COCn1c(-c2ccccc2)c(C#CC(F)(F)F)c2ccc(C)cc21. The van der Waals surface area contributed by atoms with Gasteiger partial charge in [-0.15, -0.1) is 0 Å². The number of hydrogen-bond donors (Lipinski definition) is 0. The summed E-state index contributed by atoms with van der Waals surface area (Å²) < 4.78 is 45.2. The van der Waals surface area contributed by atoms with E-state index in [1.54, 1.807) is 7.11 Å². The van der Waals surface area contributed by atoms with Crippen molar-refractivity contribution in [3.05, 3.63) is 59.7 Å². The van der Waals surface area contributed by atoms with Gasteiger partial charge in [0.05, 0.1) is 16.8 Å². The fourth-order valence-corrected chi connectivity index (χ4v) is 2.88. The maximum Gasteiger partial charge on any atom is 0.458 e. The van der Waals surface area contributed by atoms with Gasteiger partial charge in [0.1, 0.15) is 6.73 Å². The van der Waals surface area contributed by atoms with Crippen LogP contribution in [0.2, 0.25) is 0 Å². The van der Waals surface area contributed by atoms with E-state index in [9.17, 15) is 13.2 Å². The highest BCUT2D eigenvalue weighted by molar-refractivity contribution is 5.95. The predicted molar refractivity (Wildman–Crippen MR) is 92.1 cm³/mol. The van der Waals surface area contributed by atoms with E-state index in [0.717, 1.165) is 16.6 Å². The van der Waals surface area contributed by atoms with Crippen molar-refractivity contribution in [1.82, 2.24) is 4.57 Å². The molecule has 0 aliphatic carbocycles. The molecule has 3 rings (SSSR count). The van der Waals surface area contributed by atoms with E-state index in [4.69, 9.17) is 4.74 Å². The van der Waals surface area contributed by atoms with E-state index in [1.807, 2.05) is 60.0 Å². The summed E-state index contributed by atoms with van der Waals surface area (Å²) >= 11 is 0. The van der Waals surface area contributed by atoms with E-state index in [-0.39, 0.29) is 6.73 Å². The standard InChI is InChI=1S/C20H16F3NO/c1-14-8-9-16-17(10-11-20(21,22)23)19(15-6-4-3-5-7-15)24(13-25-2)18(16)12-14/h3-9,12H,13H2,1-2H3. The van der Waals surface area contributed by atoms with Crippen LogP contribution in [0.5, 0.6) is 0 Å². The summed E-state index contributed by atoms with van der Waals surface area (Å²) in [6.45, 7) is 2.16. The summed E-state index contributed by atoms with van der Waals surface area (Å²) in [5, 5.41) is 0.679. The molecule has 1 heterocycles. The molecule has 1 aromatic heterocycles. The normalized spacial score (nSPS) is 11.4. The minimum atomic E-state index is -4.55. The number of aromatic nitrogens is 1. The molecule has 0 bridgehead atoms. The fraction of sp³-hybridized carbons (Fsp3) is 0.200. The van der Waals surface area contributed by atoms with E-state index in [0.29, 0.717) is 16.6 Å². The Labute approximate surface area is 143 Å². The van der Waals surface area contributed by atoms with Crippen LogP contribution >= 0.6 is 0 Å². The summed E-state index contributed by atoms with van der Waals surface area (Å²) in [6, 6.07) is 14.9. The molecule has 0 N–H and O–H groups in total. The lowest BCUT2D eigenvalue weighted by atomic mass is 10.0. The number of alkyl halides is 3. The van der Waals surface area contributed by atoms with Crippen molar-refractivity contribution < 1.29 is 17.9 Å². The molecule has 0 fully saturated rings. The summed E-state index contributed by atoms with van der Waals surface area (Å²) in [6.07, 6.45) is -4.55. The number of fused-ring (bicyclic) bond motifs is 1. The van der Waals surface area contributed by atoms with Gasteiger partial charge in [-0.05, 0) is 24.1 Å². The Kier molecular flexibility index (Phi) is 4.56. The van der Waals surface area contributed by atoms with E-state index >= 15 is 0 Å². The van der Waals surface area contributed by atoms with Crippen molar-refractivity contribution in [3.63, 3.8) is 0 Å². The maximum atomic E-state index is 12.7. The van der Waals surface area contributed by atoms with Crippen molar-refractivity contribution in [2.24, 2.45) is 0 Å². The summed E-state index contributed by atoms with van der Waals surface area (Å²) in [4.78, 5) is 0. The monoisotopic (exact) mass is 343 g/mol. The van der Waals surface area contributed by atoms with E-state index in [1.165, 1.54) is 5.92 Å². The van der Waals surface area contributed by atoms with Gasteiger partial charge in [0.15, 0.2) is 0 Å². The van der Waals surface area contributed by atoms with Gasteiger partial charge in [-0.1, -0.05) is 48.4 Å². The number of aryl methyl sites for hydroxylation is 1. The van der Waals surface area contributed by atoms with Crippen molar-refractivity contribution in [2.75, 3.05) is 7.11 Å². The van der Waals surface area contributed by atoms with Gasteiger partial charge in [-0.2, -0.15) is 13.2 Å². The molecule has 128 valence electrons. The van der Waals surface area contributed by atoms with Crippen LogP contribution in [0, 0.1) is 18.8 Å². The molecule has 5 heteroatoms. The van der Waals surface area contributed by atoms with Crippen LogP contribution in [0.1, 0.15) is 11.1 Å². The van der Waals surface area contributed by atoms with Crippen LogP contribution in [0.15, 0.2) is 48.5 Å². The number of benzene rings is 2. The number of hydrogen-bond acceptors (Lipinski definition) is 1. The van der Waals surface area contributed by atoms with Gasteiger partial charge in [-0.25, -0.2) is 0 Å². The van der Waals surface area contributed by atoms with Gasteiger partial charge in [0.25, 0.3) is 0 Å². The van der Waals surface area contributed by atoms with Gasteiger partial charge < -0.3 is 9.30 Å². The van der Waals surface area contributed by atoms with E-state index in [2.05, 4.69) is 5.92 Å². The Morgan fingerprint density at radius 3 is 2.44 bits per heavy atom. The molecular formula is C20H16F3NO. The summed E-state index contributed by atoms with van der Waals surface area (Å²) in [7, 11) is 1.55. The van der Waals surface area contributed by atoms with Crippen LogP contribution in [-0.2, 0) is 11.5 Å². The van der Waals surface area contributed by atoms with Gasteiger partial charge >= 0.3 is 6.18 Å². The fourth-order valence-electron chi connectivity index (χ4n) is 2.88. The average molecular weight is 343 g/mol. The number of methoxy groups -OCH3 is 1. The lowest BCUT2D eigenvalue weighted by Gasteiger charge is -2.10. The van der Waals surface area contributed by atoms with Crippen LogP contribution in [0.4, 0.5) is 13.2 Å². The first kappa shape index (κ1) is 17.1. The molecule has 0 spiro atoms. The van der Waals surface area contributed by atoms with Gasteiger partial charge in [0, 0.05) is 18.4 Å². The maximum absolute atomic E-state index is 12.7. The van der Waals surface area contributed by atoms with Gasteiger partial charge in [-0.3, -0.25) is 0 Å². The van der Waals surface area contributed by atoms with Crippen LogP contribution < -0.4 is 0 Å². The highest BCUT2D eigenvalue weighted by Crippen LogP contribution is 2.34. The van der Waals surface area contributed by atoms with Crippen molar-refractivity contribution >= 4 is 10.9 Å². The third-order valence-corrected chi connectivity index (χ3v) is 3.85. The molecule has 25 heavy (non-hydrogen) atoms. The molecule has 2 nitrogen and oxygen atoms in total. The van der Waals surface area contributed by atoms with Crippen molar-refractivity contribution in [1.29, 1.82) is 0 Å². The lowest BCUT2D eigenvalue weighted by Crippen LogP contribution is -2.03. The van der Waals surface area contributed by atoms with Crippen molar-refractivity contribution in [3.8, 4) is 23.1 Å². The zero-order valence-corrected chi connectivity index (χ0v) is 13.8. The highest BCUT2D eigenvalue weighted by atomic mass is 19.4. The third-order valence-electron chi connectivity index (χ3n) is 3.85. The largest absolute Gasteiger partial charge is 0.458 e. The molecule has 0 radical (unpaired) electrons. The third kappa shape index (κ3) is 3.54. The molecular weight excluding hydrogens is 327 g/mol. The number of rotatable bonds is 3. The zero-order chi connectivity index (χ0) is 18.0. The molecule has 0 aliphatic rings. The number of halogens is 3. The first-order valence-corrected chi connectivity index (χ1v) is 7.68. The lowest BCUT2D eigenvalue weighted by molar-refractivity contribution is -0.0696. The predicted octanol–water partition coefficient (Wildman–Crippen LogP) is 5.13. The molecule has 0 unspecified atom stereocenters. The van der Waals surface area contributed by atoms with Crippen molar-refractivity contribution in [2.45, 2.75) is 19.8 Å². The highest BCUT2D eigenvalue weighted by Gasteiger charge is 2.24.